The van der Waals surface area contributed by atoms with Crippen LogP contribution in [0.15, 0.2) is 47.4 Å². The van der Waals surface area contributed by atoms with Crippen molar-refractivity contribution in [2.24, 2.45) is 0 Å². The molecule has 0 aliphatic heterocycles. The lowest BCUT2D eigenvalue weighted by Gasteiger charge is -2.14. The molecule has 1 saturated carbocycles. The maximum Gasteiger partial charge on any atom is 0.182 e. The van der Waals surface area contributed by atoms with Crippen molar-refractivity contribution in [3.8, 4) is 0 Å². The highest BCUT2D eigenvalue weighted by Gasteiger charge is 2.36. The van der Waals surface area contributed by atoms with Crippen molar-refractivity contribution in [1.82, 2.24) is 0 Å². The highest BCUT2D eigenvalue weighted by atomic mass is 35.5. The largest absolute Gasteiger partial charge is 0.373 e. The van der Waals surface area contributed by atoms with Gasteiger partial charge >= 0.3 is 0 Å². The van der Waals surface area contributed by atoms with Crippen LogP contribution >= 0.6 is 34.8 Å². The monoisotopic (exact) mass is 418 g/mol. The van der Waals surface area contributed by atoms with Gasteiger partial charge in [-0.1, -0.05) is 53.0 Å². The molecule has 1 aliphatic carbocycles. The molecule has 0 N–H and O–H groups in total. The van der Waals surface area contributed by atoms with Crippen LogP contribution in [0.3, 0.4) is 0 Å². The van der Waals surface area contributed by atoms with E-state index in [1.165, 1.54) is 0 Å². The molecule has 25 heavy (non-hydrogen) atoms. The molecular weight excluding hydrogens is 403 g/mol. The lowest BCUT2D eigenvalue weighted by Crippen LogP contribution is -2.20. The number of halogens is 3. The van der Waals surface area contributed by atoms with Crippen LogP contribution < -0.4 is 0 Å². The molecule has 0 heterocycles. The second-order valence-electron chi connectivity index (χ2n) is 6.09. The minimum absolute atomic E-state index is 0.100. The number of rotatable bonds is 5. The van der Waals surface area contributed by atoms with Crippen molar-refractivity contribution in [2.75, 3.05) is 0 Å². The van der Waals surface area contributed by atoms with Crippen molar-refractivity contribution in [3.63, 3.8) is 0 Å². The van der Waals surface area contributed by atoms with Crippen molar-refractivity contribution >= 4 is 44.6 Å². The van der Waals surface area contributed by atoms with Crippen LogP contribution in [0.2, 0.25) is 15.1 Å². The minimum Gasteiger partial charge on any atom is -0.373 e. The summed E-state index contributed by atoms with van der Waals surface area (Å²) in [4.78, 5) is 0.201. The Bertz CT molecular complexity index is 868. The quantitative estimate of drug-likeness (QED) is 0.637. The zero-order valence-corrected chi connectivity index (χ0v) is 16.4. The van der Waals surface area contributed by atoms with E-state index in [1.807, 2.05) is 6.07 Å². The Hall–Kier alpha value is -0.780. The summed E-state index contributed by atoms with van der Waals surface area (Å²) in [6.45, 7) is 0.375. The van der Waals surface area contributed by atoms with Crippen LogP contribution in [-0.4, -0.2) is 19.8 Å². The van der Waals surface area contributed by atoms with Gasteiger partial charge in [0.25, 0.3) is 0 Å². The zero-order valence-electron chi connectivity index (χ0n) is 13.3. The third-order valence-corrected chi connectivity index (χ3v) is 7.84. The number of benzene rings is 2. The van der Waals surface area contributed by atoms with Crippen LogP contribution in [0.1, 0.15) is 24.8 Å². The normalized spacial score (nSPS) is 20.8. The second kappa shape index (κ2) is 7.85. The molecular formula is C18H17Cl3O3S. The van der Waals surface area contributed by atoms with Gasteiger partial charge in [0.1, 0.15) is 0 Å². The summed E-state index contributed by atoms with van der Waals surface area (Å²) in [5.74, 6) is 0. The van der Waals surface area contributed by atoms with Gasteiger partial charge in [-0.05, 0) is 49.1 Å². The molecule has 3 rings (SSSR count). The molecule has 7 heteroatoms. The zero-order chi connectivity index (χ0) is 18.0. The molecule has 3 nitrogen and oxygen atoms in total. The first-order valence-corrected chi connectivity index (χ1v) is 10.6. The molecule has 0 spiro atoms. The molecule has 0 radical (unpaired) electrons. The Morgan fingerprint density at radius 2 is 1.72 bits per heavy atom. The number of hydrogen-bond acceptors (Lipinski definition) is 3. The first kappa shape index (κ1) is 19.0. The topological polar surface area (TPSA) is 43.4 Å². The molecule has 1 aliphatic rings. The summed E-state index contributed by atoms with van der Waals surface area (Å²) in [6.07, 6.45) is 1.64. The van der Waals surface area contributed by atoms with Gasteiger partial charge in [-0.25, -0.2) is 8.42 Å². The van der Waals surface area contributed by atoms with E-state index in [9.17, 15) is 8.42 Å². The summed E-state index contributed by atoms with van der Waals surface area (Å²) >= 11 is 18.0. The predicted octanol–water partition coefficient (Wildman–Crippen LogP) is 5.56. The van der Waals surface area contributed by atoms with Gasteiger partial charge in [-0.3, -0.25) is 0 Å². The Morgan fingerprint density at radius 1 is 0.960 bits per heavy atom. The molecule has 2 aromatic carbocycles. The SMILES string of the molecule is O=S(=O)(c1ccccc1Cl)[C@@H]1CC[C@H](OCc2ccc(Cl)c(Cl)c2)C1. The first-order valence-electron chi connectivity index (χ1n) is 7.92. The van der Waals surface area contributed by atoms with Crippen LogP contribution in [0, 0.1) is 0 Å². The summed E-state index contributed by atoms with van der Waals surface area (Å²) in [6, 6.07) is 11.9. The maximum atomic E-state index is 12.8. The average Bonchev–Trinajstić information content (AvgIpc) is 3.06. The maximum absolute atomic E-state index is 12.8. The van der Waals surface area contributed by atoms with E-state index in [1.54, 1.807) is 36.4 Å². The van der Waals surface area contributed by atoms with E-state index in [0.717, 1.165) is 5.56 Å². The van der Waals surface area contributed by atoms with E-state index in [2.05, 4.69) is 0 Å². The highest BCUT2D eigenvalue weighted by molar-refractivity contribution is 7.92. The standard InChI is InChI=1S/C18H17Cl3O3S/c19-15-8-5-12(9-17(15)21)11-24-13-6-7-14(10-13)25(22,23)18-4-2-1-3-16(18)20/h1-5,8-9,13-14H,6-7,10-11H2/t13-,14+/m0/s1. The van der Waals surface area contributed by atoms with Crippen LogP contribution in [-0.2, 0) is 21.2 Å². The molecule has 0 saturated heterocycles. The smallest absolute Gasteiger partial charge is 0.182 e. The lowest BCUT2D eigenvalue weighted by atomic mass is 10.2. The van der Waals surface area contributed by atoms with Gasteiger partial charge in [0.15, 0.2) is 9.84 Å². The summed E-state index contributed by atoms with van der Waals surface area (Å²) in [5.41, 5.74) is 0.909. The molecule has 0 amide bonds. The Kier molecular flexibility index (Phi) is 5.96. The summed E-state index contributed by atoms with van der Waals surface area (Å²) in [7, 11) is -3.45. The molecule has 0 unspecified atom stereocenters. The van der Waals surface area contributed by atoms with Crippen molar-refractivity contribution in [2.45, 2.75) is 42.1 Å². The molecule has 0 aromatic heterocycles. The Morgan fingerprint density at radius 3 is 2.44 bits per heavy atom. The summed E-state index contributed by atoms with van der Waals surface area (Å²) in [5, 5.41) is 0.777. The van der Waals surface area contributed by atoms with E-state index in [4.69, 9.17) is 39.5 Å². The Labute approximate surface area is 162 Å². The average molecular weight is 420 g/mol. The van der Waals surface area contributed by atoms with Gasteiger partial charge in [-0.2, -0.15) is 0 Å². The fraction of sp³-hybridized carbons (Fsp3) is 0.333. The van der Waals surface area contributed by atoms with Gasteiger partial charge < -0.3 is 4.74 Å². The first-order chi connectivity index (χ1) is 11.9. The molecule has 0 bridgehead atoms. The van der Waals surface area contributed by atoms with E-state index >= 15 is 0 Å². The van der Waals surface area contributed by atoms with Crippen molar-refractivity contribution in [1.29, 1.82) is 0 Å². The third kappa shape index (κ3) is 4.32. The molecule has 1 fully saturated rings. The number of ether oxygens (including phenoxy) is 1. The Balaban J connectivity index is 1.63. The molecule has 134 valence electrons. The van der Waals surface area contributed by atoms with Gasteiger partial charge in [0.2, 0.25) is 0 Å². The second-order valence-corrected chi connectivity index (χ2v) is 9.51. The molecule has 2 aromatic rings. The van der Waals surface area contributed by atoms with E-state index < -0.39 is 15.1 Å². The minimum atomic E-state index is -3.45. The third-order valence-electron chi connectivity index (χ3n) is 4.39. The van der Waals surface area contributed by atoms with Crippen LogP contribution in [0.5, 0.6) is 0 Å². The number of hydrogen-bond donors (Lipinski definition) is 0. The van der Waals surface area contributed by atoms with Crippen molar-refractivity contribution < 1.29 is 13.2 Å². The van der Waals surface area contributed by atoms with Crippen LogP contribution in [0.4, 0.5) is 0 Å². The predicted molar refractivity (Wildman–Crippen MR) is 101 cm³/mol. The molecule has 2 atom stereocenters. The van der Waals surface area contributed by atoms with Gasteiger partial charge in [0, 0.05) is 0 Å². The van der Waals surface area contributed by atoms with Gasteiger partial charge in [0.05, 0.1) is 37.9 Å². The fourth-order valence-electron chi connectivity index (χ4n) is 3.03. The van der Waals surface area contributed by atoms with E-state index in [-0.39, 0.29) is 16.0 Å². The fourth-order valence-corrected chi connectivity index (χ4v) is 5.69. The summed E-state index contributed by atoms with van der Waals surface area (Å²) < 4.78 is 31.4. The van der Waals surface area contributed by atoms with E-state index in [0.29, 0.717) is 35.9 Å². The number of sulfone groups is 1. The highest BCUT2D eigenvalue weighted by Crippen LogP contribution is 2.34. The lowest BCUT2D eigenvalue weighted by molar-refractivity contribution is 0.0458. The van der Waals surface area contributed by atoms with Crippen LogP contribution in [0.25, 0.3) is 0 Å². The van der Waals surface area contributed by atoms with Gasteiger partial charge in [-0.15, -0.1) is 0 Å². The van der Waals surface area contributed by atoms with Crippen molar-refractivity contribution in [3.05, 3.63) is 63.1 Å².